The molecule has 0 amide bonds. The van der Waals surface area contributed by atoms with Crippen molar-refractivity contribution in [2.24, 2.45) is 15.3 Å². The molecule has 2 aliphatic heterocycles. The number of hydrogen-bond donors (Lipinski definition) is 1. The lowest BCUT2D eigenvalue weighted by atomic mass is 9.88. The van der Waals surface area contributed by atoms with Gasteiger partial charge in [0.05, 0.1) is 18.5 Å². The zero-order chi connectivity index (χ0) is 26.3. The minimum atomic E-state index is -0.271. The lowest BCUT2D eigenvalue weighted by molar-refractivity contribution is 0.264. The van der Waals surface area contributed by atoms with Crippen molar-refractivity contribution in [3.63, 3.8) is 0 Å². The molecular weight excluding hydrogens is 502 g/mol. The number of nitrogens with zero attached hydrogens (tertiary/aromatic N) is 3. The molecule has 1 saturated heterocycles. The van der Waals surface area contributed by atoms with Crippen molar-refractivity contribution in [2.45, 2.75) is 30.6 Å². The minimum Gasteiger partial charge on any atom is -0.493 e. The molecule has 0 atom stereocenters. The highest BCUT2D eigenvalue weighted by Gasteiger charge is 2.19. The smallest absolute Gasteiger partial charge is 0.123 e. The van der Waals surface area contributed by atoms with Gasteiger partial charge in [-0.3, -0.25) is 0 Å². The van der Waals surface area contributed by atoms with Crippen molar-refractivity contribution in [1.29, 1.82) is 0 Å². The van der Waals surface area contributed by atoms with Crippen LogP contribution >= 0.6 is 11.9 Å². The zero-order valence-electron chi connectivity index (χ0n) is 21.1. The van der Waals surface area contributed by atoms with E-state index in [9.17, 15) is 8.78 Å². The molecule has 196 valence electrons. The molecule has 0 bridgehead atoms. The van der Waals surface area contributed by atoms with E-state index in [1.54, 1.807) is 30.5 Å². The van der Waals surface area contributed by atoms with E-state index in [0.717, 1.165) is 78.6 Å². The Morgan fingerprint density at radius 2 is 1.58 bits per heavy atom. The summed E-state index contributed by atoms with van der Waals surface area (Å²) in [5.74, 6) is 6.04. The van der Waals surface area contributed by atoms with Gasteiger partial charge >= 0.3 is 0 Å². The molecule has 0 spiro atoms. The third-order valence-electron chi connectivity index (χ3n) is 6.96. The molecule has 2 heterocycles. The number of hydrogen-bond acceptors (Lipinski definition) is 6. The van der Waals surface area contributed by atoms with E-state index in [4.69, 9.17) is 10.6 Å². The third-order valence-corrected chi connectivity index (χ3v) is 7.63. The van der Waals surface area contributed by atoms with E-state index in [0.29, 0.717) is 6.42 Å². The van der Waals surface area contributed by atoms with Gasteiger partial charge in [-0.05, 0) is 71.5 Å². The Morgan fingerprint density at radius 3 is 2.21 bits per heavy atom. The molecule has 0 radical (unpaired) electrons. The molecule has 8 heteroatoms. The Balaban J connectivity index is 1.19. The monoisotopic (exact) mass is 532 g/mol. The number of likely N-dealkylation sites (tertiary alicyclic amines) is 1. The van der Waals surface area contributed by atoms with Gasteiger partial charge in [-0.2, -0.15) is 5.10 Å². The Hall–Kier alpha value is -3.49. The SMILES string of the molecule is NN=C(C=NSc1ccc2c(c1)OCC2)CCN1CCC(=C(c2ccc(F)cc2)c2ccc(F)cc2)CC1. The summed E-state index contributed by atoms with van der Waals surface area (Å²) in [6.45, 7) is 3.35. The number of halogens is 2. The lowest BCUT2D eigenvalue weighted by Crippen LogP contribution is -2.33. The summed E-state index contributed by atoms with van der Waals surface area (Å²) in [5.41, 5.74) is 6.24. The van der Waals surface area contributed by atoms with E-state index in [-0.39, 0.29) is 11.6 Å². The average Bonchev–Trinajstić information content (AvgIpc) is 3.42. The molecule has 0 aromatic heterocycles. The van der Waals surface area contributed by atoms with Crippen LogP contribution in [0.1, 0.15) is 36.0 Å². The number of piperidine rings is 1. The normalized spacial score (nSPS) is 16.1. The average molecular weight is 533 g/mol. The second-order valence-corrected chi connectivity index (χ2v) is 10.3. The maximum Gasteiger partial charge on any atom is 0.123 e. The van der Waals surface area contributed by atoms with Crippen LogP contribution in [0.15, 0.2) is 86.7 Å². The standard InChI is InChI=1S/C30H30F2N4OS/c31-25-6-1-22(2-7-25)30(23-3-8-26(32)9-4-23)24-11-15-36(16-12-24)17-13-27(35-33)20-34-38-28-10-5-21-14-18-37-29(21)19-28/h1-10,19-20H,11-18,33H2. The van der Waals surface area contributed by atoms with E-state index >= 15 is 0 Å². The minimum absolute atomic E-state index is 0.271. The summed E-state index contributed by atoms with van der Waals surface area (Å²) in [6, 6.07) is 19.2. The van der Waals surface area contributed by atoms with Crippen molar-refractivity contribution in [3.05, 3.63) is 101 Å². The van der Waals surface area contributed by atoms with Crippen molar-refractivity contribution in [3.8, 4) is 5.75 Å². The zero-order valence-corrected chi connectivity index (χ0v) is 21.9. The van der Waals surface area contributed by atoms with Gasteiger partial charge in [0.1, 0.15) is 17.4 Å². The molecular formula is C30H30F2N4OS. The predicted octanol–water partition coefficient (Wildman–Crippen LogP) is 6.28. The molecule has 0 unspecified atom stereocenters. The summed E-state index contributed by atoms with van der Waals surface area (Å²) in [7, 11) is 0. The molecule has 5 rings (SSSR count). The molecule has 2 N–H and O–H groups in total. The summed E-state index contributed by atoms with van der Waals surface area (Å²) >= 11 is 1.38. The Morgan fingerprint density at radius 1 is 0.921 bits per heavy atom. The Kier molecular flexibility index (Phi) is 8.51. The number of benzene rings is 3. The number of fused-ring (bicyclic) bond motifs is 1. The van der Waals surface area contributed by atoms with Gasteiger partial charge in [-0.15, -0.1) is 0 Å². The number of hydrazone groups is 1. The number of rotatable bonds is 8. The first-order chi connectivity index (χ1) is 18.6. The summed E-state index contributed by atoms with van der Waals surface area (Å²) in [5, 5.41) is 3.93. The fourth-order valence-electron chi connectivity index (χ4n) is 4.89. The first-order valence-corrected chi connectivity index (χ1v) is 13.6. The van der Waals surface area contributed by atoms with Crippen LogP contribution in [0.2, 0.25) is 0 Å². The van der Waals surface area contributed by atoms with Crippen LogP contribution < -0.4 is 10.6 Å². The van der Waals surface area contributed by atoms with Gasteiger partial charge < -0.3 is 15.5 Å². The second-order valence-electron chi connectivity index (χ2n) is 9.40. The second kappa shape index (κ2) is 12.4. The molecule has 0 aliphatic carbocycles. The van der Waals surface area contributed by atoms with Crippen LogP contribution in [-0.4, -0.2) is 43.1 Å². The van der Waals surface area contributed by atoms with E-state index in [2.05, 4.69) is 26.5 Å². The number of nitrogens with two attached hydrogens (primary N) is 1. The Labute approximate surface area is 226 Å². The van der Waals surface area contributed by atoms with E-state index in [1.165, 1.54) is 47.3 Å². The first kappa shape index (κ1) is 26.1. The summed E-state index contributed by atoms with van der Waals surface area (Å²) in [4.78, 5) is 3.41. The largest absolute Gasteiger partial charge is 0.493 e. The highest BCUT2D eigenvalue weighted by atomic mass is 32.2. The molecule has 1 fully saturated rings. The van der Waals surface area contributed by atoms with Crippen LogP contribution in [0.4, 0.5) is 8.78 Å². The van der Waals surface area contributed by atoms with Crippen molar-refractivity contribution < 1.29 is 13.5 Å². The summed E-state index contributed by atoms with van der Waals surface area (Å²) in [6.07, 6.45) is 5.15. The number of ether oxygens (including phenoxy) is 1. The molecule has 3 aromatic carbocycles. The van der Waals surface area contributed by atoms with Gasteiger partial charge in [0.2, 0.25) is 0 Å². The fraction of sp³-hybridized carbons (Fsp3) is 0.267. The molecule has 0 saturated carbocycles. The maximum atomic E-state index is 13.6. The predicted molar refractivity (Wildman–Crippen MR) is 151 cm³/mol. The van der Waals surface area contributed by atoms with Gasteiger partial charge in [-0.1, -0.05) is 35.9 Å². The first-order valence-electron chi connectivity index (χ1n) is 12.8. The van der Waals surface area contributed by atoms with Crippen LogP contribution in [0.3, 0.4) is 0 Å². The lowest BCUT2D eigenvalue weighted by Gasteiger charge is -2.30. The third kappa shape index (κ3) is 6.49. The molecule has 3 aromatic rings. The summed E-state index contributed by atoms with van der Waals surface area (Å²) < 4.78 is 37.3. The van der Waals surface area contributed by atoms with Crippen LogP contribution in [0, 0.1) is 11.6 Å². The maximum absolute atomic E-state index is 13.6. The van der Waals surface area contributed by atoms with Crippen molar-refractivity contribution in [2.75, 3.05) is 26.2 Å². The van der Waals surface area contributed by atoms with Gasteiger partial charge in [-0.25, -0.2) is 13.2 Å². The van der Waals surface area contributed by atoms with Crippen molar-refractivity contribution >= 4 is 29.4 Å². The molecule has 5 nitrogen and oxygen atoms in total. The van der Waals surface area contributed by atoms with Crippen molar-refractivity contribution in [1.82, 2.24) is 4.90 Å². The highest BCUT2D eigenvalue weighted by Crippen LogP contribution is 2.33. The Bertz CT molecular complexity index is 1300. The van der Waals surface area contributed by atoms with E-state index in [1.807, 2.05) is 6.07 Å². The van der Waals surface area contributed by atoms with Crippen LogP contribution in [0.25, 0.3) is 5.57 Å². The fourth-order valence-corrected chi connectivity index (χ4v) is 5.48. The van der Waals surface area contributed by atoms with Gasteiger partial charge in [0, 0.05) is 49.3 Å². The highest BCUT2D eigenvalue weighted by molar-refractivity contribution is 7.98. The molecule has 38 heavy (non-hydrogen) atoms. The van der Waals surface area contributed by atoms with Crippen LogP contribution in [-0.2, 0) is 6.42 Å². The van der Waals surface area contributed by atoms with Crippen LogP contribution in [0.5, 0.6) is 5.75 Å². The molecule has 2 aliphatic rings. The van der Waals surface area contributed by atoms with Gasteiger partial charge in [0.25, 0.3) is 0 Å². The van der Waals surface area contributed by atoms with Gasteiger partial charge in [0.15, 0.2) is 0 Å². The topological polar surface area (TPSA) is 63.2 Å². The quantitative estimate of drug-likeness (QED) is 0.161. The van der Waals surface area contributed by atoms with E-state index < -0.39 is 0 Å².